The van der Waals surface area contributed by atoms with Crippen LogP contribution >= 0.6 is 11.6 Å². The highest BCUT2D eigenvalue weighted by Crippen LogP contribution is 2.23. The molecule has 1 unspecified atom stereocenters. The van der Waals surface area contributed by atoms with Crippen molar-refractivity contribution >= 4 is 28.5 Å². The van der Waals surface area contributed by atoms with E-state index in [0.29, 0.717) is 24.8 Å². The van der Waals surface area contributed by atoms with Gasteiger partial charge in [0.05, 0.1) is 0 Å². The van der Waals surface area contributed by atoms with E-state index in [4.69, 9.17) is 11.6 Å². The number of carbonyl (C=O) groups excluding carboxylic acids is 1. The lowest BCUT2D eigenvalue weighted by atomic mass is 10.1. The quantitative estimate of drug-likeness (QED) is 0.766. The largest absolute Gasteiger partial charge is 0.346 e. The molecule has 5 nitrogen and oxygen atoms in total. The summed E-state index contributed by atoms with van der Waals surface area (Å²) in [5.41, 5.74) is 2.50. The van der Waals surface area contributed by atoms with Gasteiger partial charge in [-0.25, -0.2) is 4.98 Å². The number of halogens is 1. The molecular weight excluding hydrogens is 348 g/mol. The van der Waals surface area contributed by atoms with Crippen molar-refractivity contribution in [2.45, 2.75) is 13.0 Å². The van der Waals surface area contributed by atoms with Gasteiger partial charge in [0.1, 0.15) is 11.3 Å². The Kier molecular flexibility index (Phi) is 4.66. The van der Waals surface area contributed by atoms with Crippen LogP contribution in [-0.2, 0) is 0 Å². The number of benzene rings is 1. The summed E-state index contributed by atoms with van der Waals surface area (Å²) in [4.78, 5) is 24.6. The number of aromatic nitrogens is 2. The molecule has 3 heterocycles. The maximum Gasteiger partial charge on any atom is 0.272 e. The number of pyridine rings is 1. The van der Waals surface area contributed by atoms with E-state index in [-0.39, 0.29) is 5.91 Å². The highest BCUT2D eigenvalue weighted by atomic mass is 35.5. The third kappa shape index (κ3) is 3.32. The van der Waals surface area contributed by atoms with Crippen molar-refractivity contribution in [1.82, 2.24) is 19.8 Å². The summed E-state index contributed by atoms with van der Waals surface area (Å²) in [6, 6.07) is 14.0. The smallest absolute Gasteiger partial charge is 0.272 e. The fourth-order valence-electron chi connectivity index (χ4n) is 3.48. The van der Waals surface area contributed by atoms with E-state index in [1.54, 1.807) is 6.07 Å². The normalized spacial score (nSPS) is 16.8. The summed E-state index contributed by atoms with van der Waals surface area (Å²) < 4.78 is 0. The molecule has 0 bridgehead atoms. The zero-order chi connectivity index (χ0) is 18.1. The minimum atomic E-state index is 0.000274. The minimum absolute atomic E-state index is 0.000274. The van der Waals surface area contributed by atoms with Gasteiger partial charge < -0.3 is 9.88 Å². The van der Waals surface area contributed by atoms with Crippen molar-refractivity contribution in [1.29, 1.82) is 0 Å². The molecule has 6 heteroatoms. The standard InChI is InChI=1S/C20H21ClN4O/c1-14(15-2-5-17(21)6-3-15)24-10-12-25(13-11-24)20(26)18-7-4-16-8-9-22-19(16)23-18/h2-9,14H,10-13H2,1H3,(H,22,23). The molecule has 1 fully saturated rings. The zero-order valence-corrected chi connectivity index (χ0v) is 15.4. The van der Waals surface area contributed by atoms with Gasteiger partial charge in [-0.3, -0.25) is 9.69 Å². The van der Waals surface area contributed by atoms with E-state index in [2.05, 4.69) is 33.9 Å². The van der Waals surface area contributed by atoms with Gasteiger partial charge in [-0.1, -0.05) is 23.7 Å². The summed E-state index contributed by atoms with van der Waals surface area (Å²) in [5, 5.41) is 1.77. The lowest BCUT2D eigenvalue weighted by Crippen LogP contribution is -2.49. The Labute approximate surface area is 157 Å². The molecular formula is C20H21ClN4O. The first-order valence-electron chi connectivity index (χ1n) is 8.85. The predicted octanol–water partition coefficient (Wildman–Crippen LogP) is 3.74. The Morgan fingerprint density at radius 3 is 2.54 bits per heavy atom. The lowest BCUT2D eigenvalue weighted by molar-refractivity contribution is 0.0577. The molecule has 0 aliphatic carbocycles. The van der Waals surface area contributed by atoms with Gasteiger partial charge in [-0.15, -0.1) is 0 Å². The summed E-state index contributed by atoms with van der Waals surface area (Å²) >= 11 is 5.98. The Morgan fingerprint density at radius 2 is 1.81 bits per heavy atom. The van der Waals surface area contributed by atoms with Crippen LogP contribution in [0.2, 0.25) is 5.02 Å². The van der Waals surface area contributed by atoms with E-state index in [9.17, 15) is 4.79 Å². The van der Waals surface area contributed by atoms with E-state index in [1.807, 2.05) is 35.4 Å². The predicted molar refractivity (Wildman–Crippen MR) is 103 cm³/mol. The topological polar surface area (TPSA) is 52.2 Å². The van der Waals surface area contributed by atoms with E-state index in [0.717, 1.165) is 29.1 Å². The van der Waals surface area contributed by atoms with Crippen LogP contribution in [0.3, 0.4) is 0 Å². The van der Waals surface area contributed by atoms with E-state index >= 15 is 0 Å². The Balaban J connectivity index is 1.41. The minimum Gasteiger partial charge on any atom is -0.346 e. The number of aromatic amines is 1. The second-order valence-electron chi connectivity index (χ2n) is 6.67. The molecule has 1 aromatic carbocycles. The lowest BCUT2D eigenvalue weighted by Gasteiger charge is -2.38. The Bertz CT molecular complexity index is 913. The number of amides is 1. The zero-order valence-electron chi connectivity index (χ0n) is 14.7. The molecule has 0 saturated carbocycles. The van der Waals surface area contributed by atoms with Gasteiger partial charge in [-0.05, 0) is 42.8 Å². The summed E-state index contributed by atoms with van der Waals surface area (Å²) in [7, 11) is 0. The second kappa shape index (κ2) is 7.09. The van der Waals surface area contributed by atoms with Gasteiger partial charge in [0.15, 0.2) is 0 Å². The van der Waals surface area contributed by atoms with Crippen LogP contribution in [0.5, 0.6) is 0 Å². The number of hydrogen-bond acceptors (Lipinski definition) is 3. The Morgan fingerprint density at radius 1 is 1.08 bits per heavy atom. The molecule has 1 aliphatic heterocycles. The average Bonchev–Trinajstić information content (AvgIpc) is 3.15. The first kappa shape index (κ1) is 17.1. The number of carbonyl (C=O) groups is 1. The maximum absolute atomic E-state index is 12.8. The number of nitrogens with zero attached hydrogens (tertiary/aromatic N) is 3. The van der Waals surface area contributed by atoms with Gasteiger partial charge >= 0.3 is 0 Å². The first-order valence-corrected chi connectivity index (χ1v) is 9.22. The van der Waals surface area contributed by atoms with E-state index in [1.165, 1.54) is 5.56 Å². The van der Waals surface area contributed by atoms with Crippen LogP contribution < -0.4 is 0 Å². The molecule has 4 rings (SSSR count). The molecule has 1 N–H and O–H groups in total. The summed E-state index contributed by atoms with van der Waals surface area (Å²) in [6.45, 7) is 5.31. The number of piperazine rings is 1. The second-order valence-corrected chi connectivity index (χ2v) is 7.10. The van der Waals surface area contributed by atoms with Gasteiger partial charge in [0.25, 0.3) is 5.91 Å². The van der Waals surface area contributed by atoms with Crippen LogP contribution in [0.15, 0.2) is 48.7 Å². The van der Waals surface area contributed by atoms with Crippen LogP contribution in [-0.4, -0.2) is 51.9 Å². The SMILES string of the molecule is CC(c1ccc(Cl)cc1)N1CCN(C(=O)c2ccc3cc[nH]c3n2)CC1. The number of nitrogens with one attached hydrogen (secondary N) is 1. The molecule has 134 valence electrons. The van der Waals surface area contributed by atoms with Crippen molar-refractivity contribution in [3.8, 4) is 0 Å². The average molecular weight is 369 g/mol. The molecule has 0 spiro atoms. The van der Waals surface area contributed by atoms with Crippen LogP contribution in [0.25, 0.3) is 11.0 Å². The first-order chi connectivity index (χ1) is 12.6. The van der Waals surface area contributed by atoms with Gasteiger partial charge in [0.2, 0.25) is 0 Å². The summed E-state index contributed by atoms with van der Waals surface area (Å²) in [5.74, 6) is 0.000274. The molecule has 3 aromatic rings. The maximum atomic E-state index is 12.8. The number of hydrogen-bond donors (Lipinski definition) is 1. The van der Waals surface area contributed by atoms with Crippen molar-refractivity contribution in [3.05, 3.63) is 64.9 Å². The molecule has 0 radical (unpaired) electrons. The van der Waals surface area contributed by atoms with Crippen LogP contribution in [0, 0.1) is 0 Å². The van der Waals surface area contributed by atoms with Crippen molar-refractivity contribution in [2.75, 3.05) is 26.2 Å². The third-order valence-corrected chi connectivity index (χ3v) is 5.38. The highest BCUT2D eigenvalue weighted by molar-refractivity contribution is 6.30. The molecule has 1 amide bonds. The number of H-pyrrole nitrogens is 1. The molecule has 26 heavy (non-hydrogen) atoms. The van der Waals surface area contributed by atoms with Crippen molar-refractivity contribution in [3.63, 3.8) is 0 Å². The molecule has 1 atom stereocenters. The third-order valence-electron chi connectivity index (χ3n) is 5.13. The van der Waals surface area contributed by atoms with Crippen molar-refractivity contribution < 1.29 is 4.79 Å². The highest BCUT2D eigenvalue weighted by Gasteiger charge is 2.26. The fourth-order valence-corrected chi connectivity index (χ4v) is 3.60. The van der Waals surface area contributed by atoms with Crippen LogP contribution in [0.4, 0.5) is 0 Å². The van der Waals surface area contributed by atoms with E-state index < -0.39 is 0 Å². The number of rotatable bonds is 3. The van der Waals surface area contributed by atoms with Crippen molar-refractivity contribution in [2.24, 2.45) is 0 Å². The van der Waals surface area contributed by atoms with Gasteiger partial charge in [-0.2, -0.15) is 0 Å². The van der Waals surface area contributed by atoms with Crippen LogP contribution in [0.1, 0.15) is 29.0 Å². The molecule has 1 aliphatic rings. The fraction of sp³-hybridized carbons (Fsp3) is 0.300. The summed E-state index contributed by atoms with van der Waals surface area (Å²) in [6.07, 6.45) is 1.84. The molecule has 2 aromatic heterocycles. The Hall–Kier alpha value is -2.37. The monoisotopic (exact) mass is 368 g/mol. The van der Waals surface area contributed by atoms with Gasteiger partial charge in [0, 0.05) is 48.8 Å². The molecule has 1 saturated heterocycles. The number of fused-ring (bicyclic) bond motifs is 1.